The Balaban J connectivity index is 1.13. The van der Waals surface area contributed by atoms with E-state index in [1.165, 1.54) is 20.2 Å². The molecule has 8 aromatic carbocycles. The maximum atomic E-state index is 6.47. The molecule has 0 spiro atoms. The molecule has 0 N–H and O–H groups in total. The number of hydrogen-bond acceptors (Lipinski definition) is 4. The molecular weight excluding hydrogens is 629 g/mol. The molecule has 10 aromatic rings. The average molecular weight is 659 g/mol. The van der Waals surface area contributed by atoms with Crippen LogP contribution in [0.2, 0.25) is 0 Å². The highest BCUT2D eigenvalue weighted by Crippen LogP contribution is 2.45. The zero-order valence-corrected chi connectivity index (χ0v) is 27.8. The molecule has 0 aliphatic heterocycles. The fraction of sp³-hybridized carbons (Fsp3) is 0. The van der Waals surface area contributed by atoms with Gasteiger partial charge in [0.1, 0.15) is 11.2 Å². The van der Waals surface area contributed by atoms with E-state index in [1.807, 2.05) is 23.5 Å². The smallest absolute Gasteiger partial charge is 0.143 e. The zero-order valence-electron chi connectivity index (χ0n) is 27.0. The van der Waals surface area contributed by atoms with E-state index < -0.39 is 0 Å². The van der Waals surface area contributed by atoms with E-state index in [2.05, 4.69) is 180 Å². The number of rotatable bonds is 6. The summed E-state index contributed by atoms with van der Waals surface area (Å²) in [4.78, 5) is 4.70. The molecular formula is C46H30N2OS. The first-order chi connectivity index (χ1) is 24.8. The lowest BCUT2D eigenvalue weighted by Gasteiger charge is -2.27. The summed E-state index contributed by atoms with van der Waals surface area (Å²) in [6.07, 6.45) is 0. The van der Waals surface area contributed by atoms with Crippen molar-refractivity contribution in [3.63, 3.8) is 0 Å². The molecule has 0 bridgehead atoms. The SMILES string of the molecule is c1ccc(N(c2ccccc2)c2ccc3sc4cc(N(c5ccccc5)c5cccc6c5ccc5c7ccccc7oc65)ccc4c3c2)cc1. The second-order valence-corrected chi connectivity index (χ2v) is 13.6. The molecule has 0 aliphatic carbocycles. The lowest BCUT2D eigenvalue weighted by molar-refractivity contribution is 0.672. The van der Waals surface area contributed by atoms with Crippen molar-refractivity contribution in [2.75, 3.05) is 9.80 Å². The Hall–Kier alpha value is -6.36. The van der Waals surface area contributed by atoms with Crippen LogP contribution in [0.4, 0.5) is 34.1 Å². The van der Waals surface area contributed by atoms with Gasteiger partial charge >= 0.3 is 0 Å². The van der Waals surface area contributed by atoms with Crippen LogP contribution in [-0.4, -0.2) is 0 Å². The number of nitrogens with zero attached hydrogens (tertiary/aromatic N) is 2. The highest BCUT2D eigenvalue weighted by atomic mass is 32.1. The van der Waals surface area contributed by atoms with Crippen molar-refractivity contribution < 1.29 is 4.42 Å². The van der Waals surface area contributed by atoms with Crippen molar-refractivity contribution in [1.29, 1.82) is 0 Å². The van der Waals surface area contributed by atoms with Gasteiger partial charge in [-0.2, -0.15) is 0 Å². The standard InChI is InChI=1S/C46H30N2OS/c1-4-13-31(14-5-1)47(32-15-6-2-7-16-32)34-24-28-44-41(29-34)38-25-23-35(30-45(38)50-44)48(33-17-8-3-9-18-33)42-21-12-20-39-36(42)26-27-40-37-19-10-11-22-43(37)49-46(39)40/h1-30H. The first-order valence-corrected chi connectivity index (χ1v) is 17.7. The van der Waals surface area contributed by atoms with Crippen LogP contribution in [0.3, 0.4) is 0 Å². The summed E-state index contributed by atoms with van der Waals surface area (Å²) < 4.78 is 8.99. The summed E-state index contributed by atoms with van der Waals surface area (Å²) in [6, 6.07) is 64.9. The van der Waals surface area contributed by atoms with Crippen molar-refractivity contribution in [2.24, 2.45) is 0 Å². The molecule has 50 heavy (non-hydrogen) atoms. The highest BCUT2D eigenvalue weighted by molar-refractivity contribution is 7.25. The first kappa shape index (κ1) is 28.6. The normalized spacial score (nSPS) is 11.6. The summed E-state index contributed by atoms with van der Waals surface area (Å²) in [5.41, 5.74) is 8.57. The molecule has 0 aliphatic rings. The lowest BCUT2D eigenvalue weighted by Crippen LogP contribution is -2.10. The minimum atomic E-state index is 0.911. The fourth-order valence-corrected chi connectivity index (χ4v) is 8.48. The van der Waals surface area contributed by atoms with Crippen molar-refractivity contribution >= 4 is 98.3 Å². The zero-order chi connectivity index (χ0) is 33.0. The molecule has 4 heteroatoms. The Bertz CT molecular complexity index is 2780. The number of fused-ring (bicyclic) bond motifs is 8. The van der Waals surface area contributed by atoms with Gasteiger partial charge in [-0.1, -0.05) is 97.1 Å². The Morgan fingerprint density at radius 3 is 1.64 bits per heavy atom. The van der Waals surface area contributed by atoms with Crippen LogP contribution >= 0.6 is 11.3 Å². The molecule has 0 radical (unpaired) electrons. The molecule has 0 unspecified atom stereocenters. The quantitative estimate of drug-likeness (QED) is 0.177. The molecule has 0 saturated carbocycles. The van der Waals surface area contributed by atoms with Crippen molar-refractivity contribution in [1.82, 2.24) is 0 Å². The van der Waals surface area contributed by atoms with E-state index in [-0.39, 0.29) is 0 Å². The number of thiophene rings is 1. The highest BCUT2D eigenvalue weighted by Gasteiger charge is 2.20. The summed E-state index contributed by atoms with van der Waals surface area (Å²) in [7, 11) is 0. The minimum absolute atomic E-state index is 0.911. The molecule has 10 rings (SSSR count). The molecule has 0 amide bonds. The molecule has 236 valence electrons. The van der Waals surface area contributed by atoms with E-state index in [1.54, 1.807) is 0 Å². The summed E-state index contributed by atoms with van der Waals surface area (Å²) >= 11 is 1.84. The molecule has 2 aromatic heterocycles. The summed E-state index contributed by atoms with van der Waals surface area (Å²) in [5, 5.41) is 7.05. The summed E-state index contributed by atoms with van der Waals surface area (Å²) in [6.45, 7) is 0. The van der Waals surface area contributed by atoms with Crippen LogP contribution < -0.4 is 9.80 Å². The fourth-order valence-electron chi connectivity index (χ4n) is 7.36. The molecule has 2 heterocycles. The Kier molecular flexibility index (Phi) is 6.68. The maximum absolute atomic E-state index is 6.47. The van der Waals surface area contributed by atoms with Crippen molar-refractivity contribution in [3.8, 4) is 0 Å². The number of anilines is 6. The maximum Gasteiger partial charge on any atom is 0.143 e. The predicted octanol–water partition coefficient (Wildman–Crippen LogP) is 14.0. The largest absolute Gasteiger partial charge is 0.455 e. The van der Waals surface area contributed by atoms with Gasteiger partial charge in [0.05, 0.1) is 5.69 Å². The van der Waals surface area contributed by atoms with E-state index in [0.29, 0.717) is 0 Å². The molecule has 0 fully saturated rings. The van der Waals surface area contributed by atoms with Gasteiger partial charge in [-0.25, -0.2) is 0 Å². The van der Waals surface area contributed by atoms with Crippen LogP contribution in [0, 0.1) is 0 Å². The van der Waals surface area contributed by atoms with Crippen LogP contribution in [-0.2, 0) is 0 Å². The first-order valence-electron chi connectivity index (χ1n) is 16.8. The second kappa shape index (κ2) is 11.7. The summed E-state index contributed by atoms with van der Waals surface area (Å²) in [5.74, 6) is 0. The Morgan fingerprint density at radius 2 is 0.900 bits per heavy atom. The van der Waals surface area contributed by atoms with E-state index in [0.717, 1.165) is 66.8 Å². The van der Waals surface area contributed by atoms with Gasteiger partial charge in [0.2, 0.25) is 0 Å². The Labute approximate surface area is 293 Å². The van der Waals surface area contributed by atoms with Gasteiger partial charge in [-0.3, -0.25) is 0 Å². The molecule has 0 saturated heterocycles. The van der Waals surface area contributed by atoms with Gasteiger partial charge < -0.3 is 14.2 Å². The number of hydrogen-bond donors (Lipinski definition) is 0. The van der Waals surface area contributed by atoms with Gasteiger partial charge in [-0.15, -0.1) is 11.3 Å². The lowest BCUT2D eigenvalue weighted by atomic mass is 10.0. The Morgan fingerprint density at radius 1 is 0.340 bits per heavy atom. The van der Waals surface area contributed by atoms with Gasteiger partial charge in [0.25, 0.3) is 0 Å². The predicted molar refractivity (Wildman–Crippen MR) is 213 cm³/mol. The topological polar surface area (TPSA) is 19.6 Å². The second-order valence-electron chi connectivity index (χ2n) is 12.6. The van der Waals surface area contributed by atoms with Gasteiger partial charge in [0, 0.05) is 70.2 Å². The van der Waals surface area contributed by atoms with Crippen molar-refractivity contribution in [2.45, 2.75) is 0 Å². The third-order valence-corrected chi connectivity index (χ3v) is 10.8. The molecule has 0 atom stereocenters. The van der Waals surface area contributed by atoms with E-state index >= 15 is 0 Å². The number of para-hydroxylation sites is 4. The van der Waals surface area contributed by atoms with E-state index in [4.69, 9.17) is 4.42 Å². The minimum Gasteiger partial charge on any atom is -0.455 e. The monoisotopic (exact) mass is 658 g/mol. The number of furan rings is 1. The van der Waals surface area contributed by atoms with Crippen LogP contribution in [0.25, 0.3) is 52.9 Å². The average Bonchev–Trinajstić information content (AvgIpc) is 3.75. The number of benzene rings is 8. The van der Waals surface area contributed by atoms with Gasteiger partial charge in [-0.05, 0) is 84.9 Å². The molecule has 3 nitrogen and oxygen atoms in total. The van der Waals surface area contributed by atoms with Crippen LogP contribution in [0.5, 0.6) is 0 Å². The van der Waals surface area contributed by atoms with Crippen molar-refractivity contribution in [3.05, 3.63) is 182 Å². The van der Waals surface area contributed by atoms with Crippen LogP contribution in [0.1, 0.15) is 0 Å². The third kappa shape index (κ3) is 4.65. The third-order valence-electron chi connectivity index (χ3n) is 9.62. The van der Waals surface area contributed by atoms with Gasteiger partial charge in [0.15, 0.2) is 0 Å². The van der Waals surface area contributed by atoms with Crippen LogP contribution in [0.15, 0.2) is 186 Å². The van der Waals surface area contributed by atoms with E-state index in [9.17, 15) is 0 Å².